The molecule has 0 aromatic heterocycles. The molecule has 0 saturated heterocycles. The van der Waals surface area contributed by atoms with Crippen LogP contribution in [0.4, 0.5) is 4.79 Å². The van der Waals surface area contributed by atoms with E-state index in [1.807, 2.05) is 30.3 Å². The van der Waals surface area contributed by atoms with Crippen molar-refractivity contribution < 1.29 is 23.9 Å². The van der Waals surface area contributed by atoms with Crippen LogP contribution in [0.5, 0.6) is 0 Å². The third-order valence-corrected chi connectivity index (χ3v) is 3.02. The summed E-state index contributed by atoms with van der Waals surface area (Å²) in [6.45, 7) is 6.98. The number of rotatable bonds is 7. The number of hydrogen-bond acceptors (Lipinski definition) is 5. The molecule has 1 aromatic rings. The highest BCUT2D eigenvalue weighted by molar-refractivity contribution is 5.99. The number of allylic oxidation sites excluding steroid dienone is 2. The fourth-order valence-corrected chi connectivity index (χ4v) is 1.88. The summed E-state index contributed by atoms with van der Waals surface area (Å²) in [6, 6.07) is 9.28. The summed E-state index contributed by atoms with van der Waals surface area (Å²) in [5, 5.41) is 2.40. The van der Waals surface area contributed by atoms with Crippen LogP contribution in [0.3, 0.4) is 0 Å². The van der Waals surface area contributed by atoms with Crippen LogP contribution in [0, 0.1) is 0 Å². The summed E-state index contributed by atoms with van der Waals surface area (Å²) in [4.78, 5) is 35.6. The maximum atomic E-state index is 12.1. The molecule has 0 spiro atoms. The van der Waals surface area contributed by atoms with E-state index < -0.39 is 17.7 Å². The number of carbonyl (C=O) groups excluding carboxylic acids is 3. The van der Waals surface area contributed by atoms with Gasteiger partial charge in [0, 0.05) is 6.42 Å². The van der Waals surface area contributed by atoms with Crippen LogP contribution < -0.4 is 5.32 Å². The molecule has 0 fully saturated rings. The number of Topliss-reactive ketones (excluding diaryl/α,β-unsaturated/α-hetero) is 1. The smallest absolute Gasteiger partial charge is 0.412 e. The summed E-state index contributed by atoms with van der Waals surface area (Å²) in [6.07, 6.45) is 0.657. The standard InChI is InChI=1S/C19H25NO5/c1-5-15(20-18(23)25-19(2,3)4)16(21)11-12-17(22)24-13-14-9-7-6-8-10-14/h5-10H,11-13H2,1-4H3,(H,20,23)/b15-5+. The van der Waals surface area contributed by atoms with E-state index >= 15 is 0 Å². The highest BCUT2D eigenvalue weighted by Crippen LogP contribution is 2.09. The molecule has 0 radical (unpaired) electrons. The van der Waals surface area contributed by atoms with Crippen LogP contribution in [0.15, 0.2) is 42.1 Å². The van der Waals surface area contributed by atoms with Crippen molar-refractivity contribution in [2.75, 3.05) is 0 Å². The molecule has 25 heavy (non-hydrogen) atoms. The largest absolute Gasteiger partial charge is 0.461 e. The van der Waals surface area contributed by atoms with Crippen LogP contribution in [-0.4, -0.2) is 23.4 Å². The van der Waals surface area contributed by atoms with Gasteiger partial charge < -0.3 is 9.47 Å². The third kappa shape index (κ3) is 8.69. The Morgan fingerprint density at radius 3 is 2.28 bits per heavy atom. The number of ketones is 1. The first-order valence-electron chi connectivity index (χ1n) is 8.10. The molecule has 1 amide bonds. The van der Waals surface area contributed by atoms with Crippen molar-refractivity contribution in [1.29, 1.82) is 0 Å². The molecule has 0 atom stereocenters. The van der Waals surface area contributed by atoms with Gasteiger partial charge >= 0.3 is 12.1 Å². The Hall–Kier alpha value is -2.63. The van der Waals surface area contributed by atoms with Crippen LogP contribution in [0.1, 0.15) is 46.1 Å². The topological polar surface area (TPSA) is 81.7 Å². The van der Waals surface area contributed by atoms with E-state index in [1.54, 1.807) is 27.7 Å². The lowest BCUT2D eigenvalue weighted by Crippen LogP contribution is -2.34. The average molecular weight is 347 g/mol. The molecular formula is C19H25NO5. The Morgan fingerprint density at radius 1 is 1.08 bits per heavy atom. The molecule has 0 saturated carbocycles. The van der Waals surface area contributed by atoms with Gasteiger partial charge in [-0.2, -0.15) is 0 Å². The lowest BCUT2D eigenvalue weighted by molar-refractivity contribution is -0.145. The molecule has 1 rings (SSSR count). The number of esters is 1. The predicted molar refractivity (Wildman–Crippen MR) is 93.6 cm³/mol. The first kappa shape index (κ1) is 20.4. The first-order chi connectivity index (χ1) is 11.7. The SMILES string of the molecule is C/C=C(/NC(=O)OC(C)(C)C)C(=O)CCC(=O)OCc1ccccc1. The van der Waals surface area contributed by atoms with Gasteiger partial charge in [-0.1, -0.05) is 36.4 Å². The molecule has 6 nitrogen and oxygen atoms in total. The van der Waals surface area contributed by atoms with E-state index in [1.165, 1.54) is 6.08 Å². The monoisotopic (exact) mass is 347 g/mol. The molecule has 0 aliphatic rings. The lowest BCUT2D eigenvalue weighted by atomic mass is 10.1. The molecule has 0 heterocycles. The second-order valence-corrected chi connectivity index (χ2v) is 6.40. The fourth-order valence-electron chi connectivity index (χ4n) is 1.88. The Kier molecular flexibility index (Phi) is 7.85. The van der Waals surface area contributed by atoms with Crippen LogP contribution >= 0.6 is 0 Å². The van der Waals surface area contributed by atoms with Gasteiger partial charge in [0.25, 0.3) is 0 Å². The predicted octanol–water partition coefficient (Wildman–Crippen LogP) is 3.51. The zero-order valence-electron chi connectivity index (χ0n) is 15.1. The van der Waals surface area contributed by atoms with Gasteiger partial charge in [-0.3, -0.25) is 14.9 Å². The second kappa shape index (κ2) is 9.61. The van der Waals surface area contributed by atoms with Crippen molar-refractivity contribution in [1.82, 2.24) is 5.32 Å². The van der Waals surface area contributed by atoms with Crippen molar-refractivity contribution in [2.24, 2.45) is 0 Å². The molecule has 6 heteroatoms. The van der Waals surface area contributed by atoms with Gasteiger partial charge in [0.15, 0.2) is 5.78 Å². The van der Waals surface area contributed by atoms with E-state index in [0.717, 1.165) is 5.56 Å². The van der Waals surface area contributed by atoms with Gasteiger partial charge in [0.1, 0.15) is 12.2 Å². The molecule has 1 N–H and O–H groups in total. The zero-order valence-corrected chi connectivity index (χ0v) is 15.1. The number of hydrogen-bond donors (Lipinski definition) is 1. The quantitative estimate of drug-likeness (QED) is 0.603. The molecule has 0 unspecified atom stereocenters. The molecule has 136 valence electrons. The van der Waals surface area contributed by atoms with Crippen LogP contribution in [-0.2, 0) is 25.7 Å². The van der Waals surface area contributed by atoms with Crippen molar-refractivity contribution in [3.05, 3.63) is 47.7 Å². The molecule has 1 aromatic carbocycles. The summed E-state index contributed by atoms with van der Waals surface area (Å²) in [5.74, 6) is -0.824. The Balaban J connectivity index is 2.40. The van der Waals surface area contributed by atoms with Crippen molar-refractivity contribution >= 4 is 17.8 Å². The Morgan fingerprint density at radius 2 is 1.72 bits per heavy atom. The van der Waals surface area contributed by atoms with Gasteiger partial charge in [0.05, 0.1) is 12.1 Å². The molecule has 0 aliphatic heterocycles. The number of benzene rings is 1. The van der Waals surface area contributed by atoms with Crippen molar-refractivity contribution in [3.8, 4) is 0 Å². The number of alkyl carbamates (subject to hydrolysis) is 1. The minimum atomic E-state index is -0.708. The van der Waals surface area contributed by atoms with Crippen molar-refractivity contribution in [3.63, 3.8) is 0 Å². The highest BCUT2D eigenvalue weighted by atomic mass is 16.6. The number of ether oxygens (including phenoxy) is 2. The van der Waals surface area contributed by atoms with Crippen molar-refractivity contribution in [2.45, 2.75) is 52.7 Å². The summed E-state index contributed by atoms with van der Waals surface area (Å²) < 4.78 is 10.2. The van der Waals surface area contributed by atoms with E-state index in [-0.39, 0.29) is 30.9 Å². The summed E-state index contributed by atoms with van der Waals surface area (Å²) in [5.41, 5.74) is 0.320. The fraction of sp³-hybridized carbons (Fsp3) is 0.421. The van der Waals surface area contributed by atoms with Gasteiger partial charge in [-0.05, 0) is 33.3 Å². The van der Waals surface area contributed by atoms with E-state index in [0.29, 0.717) is 0 Å². The van der Waals surface area contributed by atoms with Gasteiger partial charge in [0.2, 0.25) is 0 Å². The minimum Gasteiger partial charge on any atom is -0.461 e. The number of amides is 1. The molecular weight excluding hydrogens is 322 g/mol. The minimum absolute atomic E-state index is 0.0525. The Bertz CT molecular complexity index is 629. The zero-order chi connectivity index (χ0) is 18.9. The second-order valence-electron chi connectivity index (χ2n) is 6.40. The maximum absolute atomic E-state index is 12.1. The third-order valence-electron chi connectivity index (χ3n) is 3.02. The number of nitrogens with one attached hydrogen (secondary N) is 1. The normalized spacial score (nSPS) is 11.6. The highest BCUT2D eigenvalue weighted by Gasteiger charge is 2.19. The average Bonchev–Trinajstić information content (AvgIpc) is 2.55. The molecule has 0 bridgehead atoms. The van der Waals surface area contributed by atoms with E-state index in [9.17, 15) is 14.4 Å². The van der Waals surface area contributed by atoms with E-state index in [4.69, 9.17) is 9.47 Å². The van der Waals surface area contributed by atoms with Crippen LogP contribution in [0.25, 0.3) is 0 Å². The van der Waals surface area contributed by atoms with Crippen LogP contribution in [0.2, 0.25) is 0 Å². The van der Waals surface area contributed by atoms with Gasteiger partial charge in [-0.25, -0.2) is 4.79 Å². The first-order valence-corrected chi connectivity index (χ1v) is 8.10. The Labute approximate surface area is 148 Å². The summed E-state index contributed by atoms with van der Waals surface area (Å²) in [7, 11) is 0. The lowest BCUT2D eigenvalue weighted by Gasteiger charge is -2.20. The van der Waals surface area contributed by atoms with E-state index in [2.05, 4.69) is 5.32 Å². The molecule has 0 aliphatic carbocycles. The number of carbonyl (C=O) groups is 3. The maximum Gasteiger partial charge on any atom is 0.412 e. The summed E-state index contributed by atoms with van der Waals surface area (Å²) >= 11 is 0. The van der Waals surface area contributed by atoms with Gasteiger partial charge in [-0.15, -0.1) is 0 Å².